The standard InChI is InChI=1S/C17H23N3O2/c21-17(12-14-3-1-2-4-14)19-13-15-5-6-18-16(11-15)20-7-9-22-10-8-20/h1,3,5-6,11,14H,2,4,7-10,12-13H2,(H,19,21)/t14-/m1/s1. The predicted molar refractivity (Wildman–Crippen MR) is 85.6 cm³/mol. The summed E-state index contributed by atoms with van der Waals surface area (Å²) in [5.74, 6) is 1.51. The number of allylic oxidation sites excluding steroid dienone is 2. The number of aromatic nitrogens is 1. The van der Waals surface area contributed by atoms with Crippen molar-refractivity contribution in [1.82, 2.24) is 10.3 Å². The van der Waals surface area contributed by atoms with Gasteiger partial charge < -0.3 is 15.0 Å². The lowest BCUT2D eigenvalue weighted by atomic mass is 10.1. The van der Waals surface area contributed by atoms with E-state index in [0.29, 0.717) is 18.9 Å². The van der Waals surface area contributed by atoms with Gasteiger partial charge in [0.05, 0.1) is 13.2 Å². The van der Waals surface area contributed by atoms with Crippen LogP contribution in [0.5, 0.6) is 0 Å². The first-order chi connectivity index (χ1) is 10.8. The summed E-state index contributed by atoms with van der Waals surface area (Å²) in [6.07, 6.45) is 8.93. The molecular formula is C17H23N3O2. The van der Waals surface area contributed by atoms with E-state index in [9.17, 15) is 4.79 Å². The summed E-state index contributed by atoms with van der Waals surface area (Å²) in [5, 5.41) is 3.01. The average molecular weight is 301 g/mol. The number of carbonyl (C=O) groups is 1. The van der Waals surface area contributed by atoms with E-state index >= 15 is 0 Å². The van der Waals surface area contributed by atoms with Crippen LogP contribution >= 0.6 is 0 Å². The van der Waals surface area contributed by atoms with Gasteiger partial charge in [-0.3, -0.25) is 4.79 Å². The van der Waals surface area contributed by atoms with E-state index in [1.54, 1.807) is 0 Å². The molecule has 1 aliphatic carbocycles. The fourth-order valence-corrected chi connectivity index (χ4v) is 2.91. The molecule has 1 aromatic rings. The summed E-state index contributed by atoms with van der Waals surface area (Å²) in [7, 11) is 0. The monoisotopic (exact) mass is 301 g/mol. The maximum Gasteiger partial charge on any atom is 0.220 e. The second-order valence-corrected chi connectivity index (χ2v) is 5.87. The molecule has 1 aliphatic heterocycles. The first-order valence-corrected chi connectivity index (χ1v) is 8.02. The van der Waals surface area contributed by atoms with Crippen LogP contribution in [-0.4, -0.2) is 37.2 Å². The maximum absolute atomic E-state index is 12.0. The van der Waals surface area contributed by atoms with Crippen molar-refractivity contribution in [1.29, 1.82) is 0 Å². The zero-order valence-electron chi connectivity index (χ0n) is 12.8. The molecule has 22 heavy (non-hydrogen) atoms. The molecule has 1 aromatic heterocycles. The van der Waals surface area contributed by atoms with E-state index in [2.05, 4.69) is 33.4 Å². The average Bonchev–Trinajstić information content (AvgIpc) is 3.07. The highest BCUT2D eigenvalue weighted by atomic mass is 16.5. The number of nitrogens with one attached hydrogen (secondary N) is 1. The van der Waals surface area contributed by atoms with Crippen molar-refractivity contribution in [2.45, 2.75) is 25.8 Å². The zero-order valence-corrected chi connectivity index (χ0v) is 12.8. The summed E-state index contributed by atoms with van der Waals surface area (Å²) in [5.41, 5.74) is 1.09. The Kier molecular flexibility index (Phi) is 5.06. The van der Waals surface area contributed by atoms with Gasteiger partial charge in [-0.25, -0.2) is 4.98 Å². The Morgan fingerprint density at radius 3 is 3.05 bits per heavy atom. The van der Waals surface area contributed by atoms with Crippen molar-refractivity contribution in [3.8, 4) is 0 Å². The van der Waals surface area contributed by atoms with Gasteiger partial charge in [0.25, 0.3) is 0 Å². The maximum atomic E-state index is 12.0. The molecule has 0 saturated carbocycles. The fraction of sp³-hybridized carbons (Fsp3) is 0.529. The zero-order chi connectivity index (χ0) is 15.2. The van der Waals surface area contributed by atoms with Crippen LogP contribution in [0.1, 0.15) is 24.8 Å². The van der Waals surface area contributed by atoms with Gasteiger partial charge in [0.1, 0.15) is 5.82 Å². The lowest BCUT2D eigenvalue weighted by Crippen LogP contribution is -2.36. The highest BCUT2D eigenvalue weighted by Crippen LogP contribution is 2.20. The van der Waals surface area contributed by atoms with Crippen LogP contribution in [-0.2, 0) is 16.1 Å². The quantitative estimate of drug-likeness (QED) is 0.844. The molecule has 0 radical (unpaired) electrons. The topological polar surface area (TPSA) is 54.5 Å². The number of hydrogen-bond donors (Lipinski definition) is 1. The lowest BCUT2D eigenvalue weighted by molar-refractivity contribution is -0.121. The van der Waals surface area contributed by atoms with Crippen molar-refractivity contribution in [3.63, 3.8) is 0 Å². The smallest absolute Gasteiger partial charge is 0.220 e. The van der Waals surface area contributed by atoms with Crippen LogP contribution in [0.3, 0.4) is 0 Å². The third-order valence-electron chi connectivity index (χ3n) is 4.19. The van der Waals surface area contributed by atoms with Gasteiger partial charge in [-0.2, -0.15) is 0 Å². The molecule has 118 valence electrons. The summed E-state index contributed by atoms with van der Waals surface area (Å²) in [6.45, 7) is 3.80. The molecule has 1 amide bonds. The van der Waals surface area contributed by atoms with Crippen molar-refractivity contribution in [2.24, 2.45) is 5.92 Å². The molecule has 0 unspecified atom stereocenters. The first kappa shape index (κ1) is 15.0. The molecule has 3 rings (SSSR count). The molecule has 1 N–H and O–H groups in total. The summed E-state index contributed by atoms with van der Waals surface area (Å²) >= 11 is 0. The Hall–Kier alpha value is -1.88. The second-order valence-electron chi connectivity index (χ2n) is 5.87. The summed E-state index contributed by atoms with van der Waals surface area (Å²) in [6, 6.07) is 4.01. The molecule has 1 fully saturated rings. The number of pyridine rings is 1. The lowest BCUT2D eigenvalue weighted by Gasteiger charge is -2.28. The number of nitrogens with zero attached hydrogens (tertiary/aromatic N) is 2. The molecule has 0 bridgehead atoms. The van der Waals surface area contributed by atoms with Crippen LogP contribution in [0.2, 0.25) is 0 Å². The normalized spacial score (nSPS) is 21.1. The van der Waals surface area contributed by atoms with Crippen molar-refractivity contribution in [3.05, 3.63) is 36.0 Å². The number of ether oxygens (including phenoxy) is 1. The van der Waals surface area contributed by atoms with Gasteiger partial charge in [0, 0.05) is 32.3 Å². The van der Waals surface area contributed by atoms with Crippen LogP contribution < -0.4 is 10.2 Å². The number of amides is 1. The van der Waals surface area contributed by atoms with Gasteiger partial charge in [0.15, 0.2) is 0 Å². The van der Waals surface area contributed by atoms with Gasteiger partial charge >= 0.3 is 0 Å². The van der Waals surface area contributed by atoms with Crippen molar-refractivity contribution < 1.29 is 9.53 Å². The van der Waals surface area contributed by atoms with E-state index < -0.39 is 0 Å². The van der Waals surface area contributed by atoms with Crippen LogP contribution in [0.25, 0.3) is 0 Å². The van der Waals surface area contributed by atoms with Crippen LogP contribution in [0.15, 0.2) is 30.5 Å². The third kappa shape index (κ3) is 4.07. The van der Waals surface area contributed by atoms with Gasteiger partial charge in [-0.1, -0.05) is 12.2 Å². The van der Waals surface area contributed by atoms with E-state index in [-0.39, 0.29) is 5.91 Å². The minimum atomic E-state index is 0.126. The molecule has 2 heterocycles. The van der Waals surface area contributed by atoms with Gasteiger partial charge in [-0.15, -0.1) is 0 Å². The Bertz CT molecular complexity index is 538. The Morgan fingerprint density at radius 1 is 1.41 bits per heavy atom. The number of rotatable bonds is 5. The van der Waals surface area contributed by atoms with E-state index in [1.165, 1.54) is 0 Å². The Morgan fingerprint density at radius 2 is 2.27 bits per heavy atom. The largest absolute Gasteiger partial charge is 0.378 e. The predicted octanol–water partition coefficient (Wildman–Crippen LogP) is 1.89. The second kappa shape index (κ2) is 7.40. The molecule has 0 aromatic carbocycles. The number of morpholine rings is 1. The molecule has 5 heteroatoms. The van der Waals surface area contributed by atoms with Gasteiger partial charge in [-0.05, 0) is 36.5 Å². The SMILES string of the molecule is O=C(C[C@@H]1C=CCC1)NCc1ccnc(N2CCOCC2)c1. The number of hydrogen-bond acceptors (Lipinski definition) is 4. The molecule has 1 atom stereocenters. The highest BCUT2D eigenvalue weighted by Gasteiger charge is 2.15. The molecule has 0 spiro atoms. The Labute approximate surface area is 131 Å². The van der Waals surface area contributed by atoms with E-state index in [0.717, 1.165) is 50.5 Å². The number of carbonyl (C=O) groups excluding carboxylic acids is 1. The minimum Gasteiger partial charge on any atom is -0.378 e. The van der Waals surface area contributed by atoms with Crippen LogP contribution in [0.4, 0.5) is 5.82 Å². The molecule has 2 aliphatic rings. The van der Waals surface area contributed by atoms with Crippen molar-refractivity contribution in [2.75, 3.05) is 31.2 Å². The molecular weight excluding hydrogens is 278 g/mol. The van der Waals surface area contributed by atoms with E-state index in [4.69, 9.17) is 4.74 Å². The van der Waals surface area contributed by atoms with E-state index in [1.807, 2.05) is 12.3 Å². The number of anilines is 1. The Balaban J connectivity index is 1.51. The third-order valence-corrected chi connectivity index (χ3v) is 4.19. The van der Waals surface area contributed by atoms with Gasteiger partial charge in [0.2, 0.25) is 5.91 Å². The summed E-state index contributed by atoms with van der Waals surface area (Å²) in [4.78, 5) is 18.6. The highest BCUT2D eigenvalue weighted by molar-refractivity contribution is 5.76. The first-order valence-electron chi connectivity index (χ1n) is 8.02. The molecule has 1 saturated heterocycles. The fourth-order valence-electron chi connectivity index (χ4n) is 2.91. The summed E-state index contributed by atoms with van der Waals surface area (Å²) < 4.78 is 5.36. The minimum absolute atomic E-state index is 0.126. The van der Waals surface area contributed by atoms with Crippen molar-refractivity contribution >= 4 is 11.7 Å². The van der Waals surface area contributed by atoms with Crippen LogP contribution in [0, 0.1) is 5.92 Å². The molecule has 5 nitrogen and oxygen atoms in total.